The average molecular weight is 468 g/mol. The summed E-state index contributed by atoms with van der Waals surface area (Å²) in [5.74, 6) is -2.43. The Morgan fingerprint density at radius 1 is 1.03 bits per heavy atom. The van der Waals surface area contributed by atoms with Gasteiger partial charge in [0, 0.05) is 13.5 Å². The van der Waals surface area contributed by atoms with Crippen LogP contribution in [0.5, 0.6) is 11.5 Å². The molecule has 0 saturated carbocycles. The molecular formula is C21H25O10P. The summed E-state index contributed by atoms with van der Waals surface area (Å²) in [7, 11) is -1.96. The second kappa shape index (κ2) is 10.4. The largest absolute Gasteiger partial charge is 0.587 e. The topological polar surface area (TPSA) is 130 Å². The minimum Gasteiger partial charge on any atom is -0.465 e. The zero-order valence-corrected chi connectivity index (χ0v) is 18.4. The Balaban J connectivity index is 1.80. The first kappa shape index (κ1) is 24.2. The normalized spacial score (nSPS) is 25.7. The van der Waals surface area contributed by atoms with Crippen molar-refractivity contribution in [2.75, 3.05) is 20.8 Å². The van der Waals surface area contributed by atoms with Gasteiger partial charge in [-0.2, -0.15) is 0 Å². The van der Waals surface area contributed by atoms with Crippen LogP contribution in [0.4, 0.5) is 0 Å². The molecular weight excluding hydrogens is 443 g/mol. The fraction of sp³-hybridized carbons (Fsp3) is 0.381. The molecule has 1 aliphatic heterocycles. The van der Waals surface area contributed by atoms with E-state index < -0.39 is 44.5 Å². The van der Waals surface area contributed by atoms with Gasteiger partial charge in [0.15, 0.2) is 0 Å². The number of para-hydroxylation sites is 2. The number of hydrogen-bond acceptors (Lipinski definition) is 10. The first-order valence-electron chi connectivity index (χ1n) is 9.72. The molecule has 174 valence electrons. The lowest BCUT2D eigenvalue weighted by molar-refractivity contribution is -0.307. The predicted molar refractivity (Wildman–Crippen MR) is 111 cm³/mol. The number of methoxy groups -OCH3 is 2. The highest BCUT2D eigenvalue weighted by atomic mass is 31.2. The first-order valence-corrected chi connectivity index (χ1v) is 11.2. The molecule has 3 rings (SSSR count). The van der Waals surface area contributed by atoms with E-state index in [9.17, 15) is 19.6 Å². The van der Waals surface area contributed by atoms with E-state index in [1.807, 2.05) is 0 Å². The second-order valence-corrected chi connectivity index (χ2v) is 8.44. The van der Waals surface area contributed by atoms with Crippen molar-refractivity contribution < 1.29 is 47.4 Å². The molecule has 2 aromatic carbocycles. The van der Waals surface area contributed by atoms with Crippen molar-refractivity contribution in [3.63, 3.8) is 0 Å². The van der Waals surface area contributed by atoms with E-state index >= 15 is 0 Å². The van der Waals surface area contributed by atoms with Crippen molar-refractivity contribution in [2.24, 2.45) is 0 Å². The number of carbonyl (C=O) groups excluding carboxylic acids is 1. The number of phosphoric ester groups is 1. The third-order valence-corrected chi connectivity index (χ3v) is 6.07. The molecule has 0 amide bonds. The molecule has 1 fully saturated rings. The number of esters is 1. The minimum absolute atomic E-state index is 0.220. The number of aliphatic hydroxyl groups is 2. The van der Waals surface area contributed by atoms with Crippen molar-refractivity contribution in [3.05, 3.63) is 60.7 Å². The van der Waals surface area contributed by atoms with Gasteiger partial charge in [-0.3, -0.25) is 4.52 Å². The summed E-state index contributed by atoms with van der Waals surface area (Å²) in [6.07, 6.45) is -4.55. The quantitative estimate of drug-likeness (QED) is 0.418. The van der Waals surface area contributed by atoms with Crippen molar-refractivity contribution in [1.29, 1.82) is 0 Å². The van der Waals surface area contributed by atoms with E-state index in [2.05, 4.69) is 0 Å². The summed E-state index contributed by atoms with van der Waals surface area (Å²) in [5, 5.41) is 20.6. The maximum Gasteiger partial charge on any atom is 0.587 e. The van der Waals surface area contributed by atoms with E-state index in [0.29, 0.717) is 0 Å². The van der Waals surface area contributed by atoms with Gasteiger partial charge >= 0.3 is 13.8 Å². The lowest BCUT2D eigenvalue weighted by Crippen LogP contribution is -2.60. The highest BCUT2D eigenvalue weighted by Gasteiger charge is 2.53. The van der Waals surface area contributed by atoms with E-state index in [0.717, 1.165) is 7.11 Å². The molecule has 32 heavy (non-hydrogen) atoms. The van der Waals surface area contributed by atoms with Crippen molar-refractivity contribution in [2.45, 2.75) is 30.5 Å². The molecule has 0 spiro atoms. The third kappa shape index (κ3) is 5.66. The van der Waals surface area contributed by atoms with Crippen LogP contribution in [0.2, 0.25) is 0 Å². The molecule has 1 heterocycles. The third-order valence-electron chi connectivity index (χ3n) is 4.74. The number of carbonyl (C=O) groups is 1. The fourth-order valence-electron chi connectivity index (χ4n) is 3.10. The van der Waals surface area contributed by atoms with Crippen LogP contribution < -0.4 is 9.05 Å². The maximum absolute atomic E-state index is 13.4. The minimum atomic E-state index is -4.29. The SMILES string of the molecule is COC(=O)[C@]1(OC)C[C@H](O)[C@@H](O)[C@H](COP(=O)(Oc2ccccc2)Oc2ccccc2)O1. The number of aliphatic hydroxyl groups excluding tert-OH is 2. The standard InChI is InChI=1S/C21H25O10P/c1-26-20(24)21(27-2)13-17(22)19(23)18(29-21)14-28-32(25,30-15-9-5-3-6-10-15)31-16-11-7-4-8-12-16/h3-12,17-19,22-23H,13-14H2,1-2H3/t17-,18-,19+,21-/m0/s1. The van der Waals surface area contributed by atoms with Gasteiger partial charge < -0.3 is 33.5 Å². The van der Waals surface area contributed by atoms with Gasteiger partial charge in [0.1, 0.15) is 23.7 Å². The van der Waals surface area contributed by atoms with E-state index in [-0.39, 0.29) is 17.9 Å². The van der Waals surface area contributed by atoms with Crippen LogP contribution >= 0.6 is 7.82 Å². The number of benzene rings is 2. The summed E-state index contributed by atoms with van der Waals surface area (Å²) in [4.78, 5) is 12.2. The molecule has 0 aromatic heterocycles. The Morgan fingerprint density at radius 2 is 1.56 bits per heavy atom. The Morgan fingerprint density at radius 3 is 2.03 bits per heavy atom. The van der Waals surface area contributed by atoms with Gasteiger partial charge in [-0.25, -0.2) is 9.36 Å². The number of rotatable bonds is 9. The van der Waals surface area contributed by atoms with Gasteiger partial charge in [-0.15, -0.1) is 0 Å². The van der Waals surface area contributed by atoms with Crippen LogP contribution in [0.1, 0.15) is 6.42 Å². The fourth-order valence-corrected chi connectivity index (χ4v) is 4.33. The molecule has 4 atom stereocenters. The van der Waals surface area contributed by atoms with Gasteiger partial charge in [-0.1, -0.05) is 36.4 Å². The van der Waals surface area contributed by atoms with E-state index in [4.69, 9.17) is 27.8 Å². The molecule has 0 unspecified atom stereocenters. The summed E-state index contributed by atoms with van der Waals surface area (Å²) in [5.41, 5.74) is 0. The van der Waals surface area contributed by atoms with Gasteiger partial charge in [-0.05, 0) is 24.3 Å². The maximum atomic E-state index is 13.4. The molecule has 0 bridgehead atoms. The summed E-state index contributed by atoms with van der Waals surface area (Å²) < 4.78 is 45.3. The Bertz CT molecular complexity index is 879. The van der Waals surface area contributed by atoms with Crippen LogP contribution in [0.25, 0.3) is 0 Å². The van der Waals surface area contributed by atoms with Crippen molar-refractivity contribution >= 4 is 13.8 Å². The highest BCUT2D eigenvalue weighted by Crippen LogP contribution is 2.50. The molecule has 2 N–H and O–H groups in total. The molecule has 1 aliphatic rings. The van der Waals surface area contributed by atoms with Gasteiger partial charge in [0.05, 0.1) is 19.8 Å². The van der Waals surface area contributed by atoms with Crippen LogP contribution in [0.15, 0.2) is 60.7 Å². The number of hydrogen-bond donors (Lipinski definition) is 2. The predicted octanol–water partition coefficient (Wildman–Crippen LogP) is 2.30. The highest BCUT2D eigenvalue weighted by molar-refractivity contribution is 7.49. The Kier molecular flexibility index (Phi) is 7.89. The van der Waals surface area contributed by atoms with Crippen molar-refractivity contribution in [1.82, 2.24) is 0 Å². The molecule has 0 radical (unpaired) electrons. The first-order chi connectivity index (χ1) is 15.3. The van der Waals surface area contributed by atoms with Crippen molar-refractivity contribution in [3.8, 4) is 11.5 Å². The monoisotopic (exact) mass is 468 g/mol. The summed E-state index contributed by atoms with van der Waals surface area (Å²) in [6.45, 7) is -0.558. The molecule has 0 aliphatic carbocycles. The molecule has 10 nitrogen and oxygen atoms in total. The smallest absolute Gasteiger partial charge is 0.465 e. The number of phosphoric acid groups is 1. The zero-order chi connectivity index (χ0) is 23.2. The van der Waals surface area contributed by atoms with Crippen LogP contribution in [-0.2, 0) is 28.1 Å². The summed E-state index contributed by atoms with van der Waals surface area (Å²) in [6, 6.07) is 16.5. The van der Waals surface area contributed by atoms with E-state index in [1.165, 1.54) is 7.11 Å². The average Bonchev–Trinajstić information content (AvgIpc) is 2.80. The lowest BCUT2D eigenvalue weighted by atomic mass is 9.95. The van der Waals surface area contributed by atoms with Gasteiger partial charge in [0.25, 0.3) is 5.79 Å². The summed E-state index contributed by atoms with van der Waals surface area (Å²) >= 11 is 0. The van der Waals surface area contributed by atoms with Gasteiger partial charge in [0.2, 0.25) is 0 Å². The van der Waals surface area contributed by atoms with Crippen LogP contribution in [0.3, 0.4) is 0 Å². The number of ether oxygens (including phenoxy) is 3. The van der Waals surface area contributed by atoms with Crippen LogP contribution in [-0.4, -0.2) is 61.1 Å². The Labute approximate surface area is 185 Å². The molecule has 1 saturated heterocycles. The second-order valence-electron chi connectivity index (χ2n) is 6.92. The zero-order valence-electron chi connectivity index (χ0n) is 17.5. The molecule has 2 aromatic rings. The lowest BCUT2D eigenvalue weighted by Gasteiger charge is -2.42. The van der Waals surface area contributed by atoms with E-state index in [1.54, 1.807) is 60.7 Å². The Hall–Kier alpha value is -2.46. The molecule has 11 heteroatoms. The van der Waals surface area contributed by atoms with Crippen LogP contribution in [0, 0.1) is 0 Å².